The van der Waals surface area contributed by atoms with E-state index in [1.54, 1.807) is 0 Å². The lowest BCUT2D eigenvalue weighted by Crippen LogP contribution is -2.40. The first-order valence-electron chi connectivity index (χ1n) is 11.7. The number of nitrogens with one attached hydrogen (secondary N) is 2. The van der Waals surface area contributed by atoms with E-state index >= 15 is 0 Å². The smallest absolute Gasteiger partial charge is 0.221 e. The lowest BCUT2D eigenvalue weighted by Gasteiger charge is -2.31. The molecule has 2 atom stereocenters. The van der Waals surface area contributed by atoms with Crippen molar-refractivity contribution in [2.45, 2.75) is 52.7 Å². The molecule has 2 aromatic carbocycles. The molecule has 1 fully saturated rings. The summed E-state index contributed by atoms with van der Waals surface area (Å²) < 4.78 is 0. The van der Waals surface area contributed by atoms with E-state index in [-0.39, 0.29) is 17.9 Å². The minimum Gasteiger partial charge on any atom is -0.369 e. The number of hydrogen-bond acceptors (Lipinski definition) is 3. The topological polar surface area (TPSA) is 82.8 Å². The van der Waals surface area contributed by atoms with Crippen molar-refractivity contribution in [1.29, 1.82) is 0 Å². The number of aryl methyl sites for hydroxylation is 1. The highest BCUT2D eigenvalue weighted by molar-refractivity contribution is 5.80. The standard InChI is InChI=1S/C26H37N5O/c1-4-28-26(30-20(3)24-13-6-5-9-19(24)2)29-16-21-10-7-11-22(15-21)17-31-14-8-12-23(18-31)25(27)32/h5-7,9-11,13,15,20,23H,4,8,12,14,16-18H2,1-3H3,(H2,27,32)(H2,28,29,30). The Bertz CT molecular complexity index is 926. The van der Waals surface area contributed by atoms with Gasteiger partial charge in [0.05, 0.1) is 18.5 Å². The van der Waals surface area contributed by atoms with Crippen LogP contribution in [0.3, 0.4) is 0 Å². The monoisotopic (exact) mass is 435 g/mol. The Hall–Kier alpha value is -2.86. The van der Waals surface area contributed by atoms with Crippen LogP contribution in [-0.2, 0) is 17.9 Å². The minimum absolute atomic E-state index is 0.0273. The van der Waals surface area contributed by atoms with Crippen molar-refractivity contribution in [2.24, 2.45) is 16.6 Å². The maximum atomic E-state index is 11.6. The molecule has 0 saturated carbocycles. The highest BCUT2D eigenvalue weighted by atomic mass is 16.1. The number of rotatable bonds is 8. The molecule has 1 saturated heterocycles. The maximum Gasteiger partial charge on any atom is 0.221 e. The molecule has 0 aliphatic carbocycles. The van der Waals surface area contributed by atoms with Gasteiger partial charge in [-0.05, 0) is 62.4 Å². The second-order valence-electron chi connectivity index (χ2n) is 8.71. The number of carbonyl (C=O) groups excluding carboxylic acids is 1. The zero-order valence-corrected chi connectivity index (χ0v) is 19.6. The van der Waals surface area contributed by atoms with Crippen LogP contribution in [0.2, 0.25) is 0 Å². The van der Waals surface area contributed by atoms with E-state index in [4.69, 9.17) is 10.7 Å². The van der Waals surface area contributed by atoms with Gasteiger partial charge in [-0.1, -0.05) is 48.5 Å². The van der Waals surface area contributed by atoms with Crippen LogP contribution in [0.1, 0.15) is 55.0 Å². The Morgan fingerprint density at radius 3 is 2.75 bits per heavy atom. The Kier molecular flexibility index (Phi) is 8.68. The van der Waals surface area contributed by atoms with E-state index < -0.39 is 0 Å². The predicted octanol–water partition coefficient (Wildman–Crippen LogP) is 3.51. The second kappa shape index (κ2) is 11.7. The third-order valence-electron chi connectivity index (χ3n) is 6.08. The van der Waals surface area contributed by atoms with E-state index in [1.807, 2.05) is 0 Å². The molecular weight excluding hydrogens is 398 g/mol. The number of hydrogen-bond donors (Lipinski definition) is 3. The van der Waals surface area contributed by atoms with Gasteiger partial charge in [-0.15, -0.1) is 0 Å². The number of primary amides is 1. The molecule has 3 rings (SSSR count). The summed E-state index contributed by atoms with van der Waals surface area (Å²) in [5, 5.41) is 6.88. The van der Waals surface area contributed by atoms with Crippen molar-refractivity contribution in [3.63, 3.8) is 0 Å². The largest absolute Gasteiger partial charge is 0.369 e. The number of nitrogens with zero attached hydrogens (tertiary/aromatic N) is 2. The van der Waals surface area contributed by atoms with Gasteiger partial charge in [-0.3, -0.25) is 9.69 Å². The van der Waals surface area contributed by atoms with E-state index in [2.05, 4.69) is 84.8 Å². The van der Waals surface area contributed by atoms with Gasteiger partial charge in [-0.25, -0.2) is 4.99 Å². The molecule has 6 nitrogen and oxygen atoms in total. The number of benzene rings is 2. The molecule has 6 heteroatoms. The van der Waals surface area contributed by atoms with Gasteiger partial charge < -0.3 is 16.4 Å². The molecule has 1 aliphatic rings. The molecule has 1 heterocycles. The van der Waals surface area contributed by atoms with Crippen LogP contribution in [0.4, 0.5) is 0 Å². The molecule has 172 valence electrons. The third kappa shape index (κ3) is 6.82. The van der Waals surface area contributed by atoms with Gasteiger partial charge in [0.1, 0.15) is 0 Å². The van der Waals surface area contributed by atoms with Gasteiger partial charge in [0, 0.05) is 19.6 Å². The number of piperidine rings is 1. The van der Waals surface area contributed by atoms with Gasteiger partial charge in [0.25, 0.3) is 0 Å². The van der Waals surface area contributed by atoms with Crippen molar-refractivity contribution in [3.05, 3.63) is 70.8 Å². The lowest BCUT2D eigenvalue weighted by molar-refractivity contribution is -0.123. The zero-order chi connectivity index (χ0) is 22.9. The summed E-state index contributed by atoms with van der Waals surface area (Å²) in [7, 11) is 0. The quantitative estimate of drug-likeness (QED) is 0.438. The molecule has 4 N–H and O–H groups in total. The van der Waals surface area contributed by atoms with Gasteiger partial charge in [0.2, 0.25) is 5.91 Å². The van der Waals surface area contributed by atoms with Crippen LogP contribution in [0.25, 0.3) is 0 Å². The van der Waals surface area contributed by atoms with Crippen LogP contribution in [0.15, 0.2) is 53.5 Å². The second-order valence-corrected chi connectivity index (χ2v) is 8.71. The fraction of sp³-hybridized carbons (Fsp3) is 0.462. The highest BCUT2D eigenvalue weighted by Gasteiger charge is 2.23. The average molecular weight is 436 g/mol. The molecule has 2 unspecified atom stereocenters. The summed E-state index contributed by atoms with van der Waals surface area (Å²) >= 11 is 0. The average Bonchev–Trinajstić information content (AvgIpc) is 2.78. The number of likely N-dealkylation sites (tertiary alicyclic amines) is 1. The van der Waals surface area contributed by atoms with E-state index in [0.29, 0.717) is 6.54 Å². The number of guanidine groups is 1. The van der Waals surface area contributed by atoms with E-state index in [9.17, 15) is 4.79 Å². The first-order chi connectivity index (χ1) is 15.5. The fourth-order valence-electron chi connectivity index (χ4n) is 4.36. The molecule has 0 aromatic heterocycles. The van der Waals surface area contributed by atoms with E-state index in [1.165, 1.54) is 22.3 Å². The van der Waals surface area contributed by atoms with Crippen molar-refractivity contribution < 1.29 is 4.79 Å². The first kappa shape index (κ1) is 23.8. The summed E-state index contributed by atoms with van der Waals surface area (Å²) in [4.78, 5) is 18.7. The van der Waals surface area contributed by atoms with Crippen LogP contribution >= 0.6 is 0 Å². The van der Waals surface area contributed by atoms with Crippen LogP contribution in [-0.4, -0.2) is 36.4 Å². The molecule has 0 spiro atoms. The SMILES string of the molecule is CCNC(=NCc1cccc(CN2CCCC(C(N)=O)C2)c1)NC(C)c1ccccc1C. The van der Waals surface area contributed by atoms with Gasteiger partial charge in [0.15, 0.2) is 5.96 Å². The summed E-state index contributed by atoms with van der Waals surface area (Å²) in [5.41, 5.74) is 10.5. The maximum absolute atomic E-state index is 11.6. The van der Waals surface area contributed by atoms with E-state index in [0.717, 1.165) is 45.0 Å². The zero-order valence-electron chi connectivity index (χ0n) is 19.6. The highest BCUT2D eigenvalue weighted by Crippen LogP contribution is 2.19. The van der Waals surface area contributed by atoms with Crippen molar-refractivity contribution in [3.8, 4) is 0 Å². The fourth-order valence-corrected chi connectivity index (χ4v) is 4.36. The number of carbonyl (C=O) groups is 1. The number of nitrogens with two attached hydrogens (primary N) is 1. The van der Waals surface area contributed by atoms with Crippen molar-refractivity contribution in [2.75, 3.05) is 19.6 Å². The minimum atomic E-state index is -0.179. The van der Waals surface area contributed by atoms with Crippen molar-refractivity contribution >= 4 is 11.9 Å². The molecule has 1 aliphatic heterocycles. The Balaban J connectivity index is 1.63. The summed E-state index contributed by atoms with van der Waals surface area (Å²) in [5.74, 6) is 0.607. The molecule has 2 aromatic rings. The third-order valence-corrected chi connectivity index (χ3v) is 6.08. The molecular formula is C26H37N5O. The predicted molar refractivity (Wildman–Crippen MR) is 131 cm³/mol. The summed E-state index contributed by atoms with van der Waals surface area (Å²) in [6, 6.07) is 17.2. The molecule has 1 amide bonds. The first-order valence-corrected chi connectivity index (χ1v) is 11.7. The lowest BCUT2D eigenvalue weighted by atomic mass is 9.97. The van der Waals surface area contributed by atoms with Crippen molar-refractivity contribution in [1.82, 2.24) is 15.5 Å². The Morgan fingerprint density at radius 1 is 1.22 bits per heavy atom. The van der Waals surface area contributed by atoms with Gasteiger partial charge >= 0.3 is 0 Å². The molecule has 32 heavy (non-hydrogen) atoms. The van der Waals surface area contributed by atoms with Gasteiger partial charge in [-0.2, -0.15) is 0 Å². The number of aliphatic imine (C=N–C) groups is 1. The summed E-state index contributed by atoms with van der Waals surface area (Å²) in [6.07, 6.45) is 1.93. The van der Waals surface area contributed by atoms with Crippen LogP contribution in [0, 0.1) is 12.8 Å². The Morgan fingerprint density at radius 2 is 2.00 bits per heavy atom. The number of amides is 1. The summed E-state index contributed by atoms with van der Waals surface area (Å²) in [6.45, 7) is 10.4. The van der Waals surface area contributed by atoms with Crippen LogP contribution < -0.4 is 16.4 Å². The molecule has 0 radical (unpaired) electrons. The Labute approximate surface area is 192 Å². The normalized spacial score (nSPS) is 18.2. The van der Waals surface area contributed by atoms with Crippen LogP contribution in [0.5, 0.6) is 0 Å². The molecule has 0 bridgehead atoms.